The lowest BCUT2D eigenvalue weighted by Gasteiger charge is -2.20. The molecule has 1 rings (SSSR count). The van der Waals surface area contributed by atoms with E-state index in [2.05, 4.69) is 0 Å². The van der Waals surface area contributed by atoms with Gasteiger partial charge in [-0.05, 0) is 12.1 Å². The fraction of sp³-hybridized carbons (Fsp3) is 0.556. The Labute approximate surface area is 112 Å². The molecule has 0 saturated heterocycles. The van der Waals surface area contributed by atoms with Gasteiger partial charge in [0.15, 0.2) is 0 Å². The van der Waals surface area contributed by atoms with Crippen LogP contribution >= 0.6 is 22.9 Å². The Morgan fingerprint density at radius 3 is 2.39 bits per heavy atom. The van der Waals surface area contributed by atoms with Crippen molar-refractivity contribution in [1.29, 1.82) is 0 Å². The van der Waals surface area contributed by atoms with E-state index in [9.17, 15) is 21.6 Å². The summed E-state index contributed by atoms with van der Waals surface area (Å²) in [7, 11) is -4.10. The molecular formula is C9H11ClF3NO2S2. The molecule has 0 unspecified atom stereocenters. The first kappa shape index (κ1) is 15.7. The van der Waals surface area contributed by atoms with E-state index >= 15 is 0 Å². The average Bonchev–Trinajstić information content (AvgIpc) is 2.73. The Morgan fingerprint density at radius 2 is 2.00 bits per heavy atom. The van der Waals surface area contributed by atoms with Crippen LogP contribution in [-0.4, -0.2) is 32.0 Å². The molecule has 0 N–H and O–H groups in total. The molecule has 0 atom stereocenters. The number of sulfonamides is 1. The van der Waals surface area contributed by atoms with Crippen LogP contribution in [0.2, 0.25) is 0 Å². The second-order valence-electron chi connectivity index (χ2n) is 3.40. The third-order valence-corrected chi connectivity index (χ3v) is 5.99. The van der Waals surface area contributed by atoms with E-state index in [1.54, 1.807) is 0 Å². The zero-order chi connectivity index (χ0) is 14.0. The molecule has 0 aliphatic carbocycles. The molecule has 0 aromatic carbocycles. The molecule has 1 aromatic rings. The van der Waals surface area contributed by atoms with Crippen LogP contribution in [0.15, 0.2) is 16.3 Å². The molecule has 3 nitrogen and oxygen atoms in total. The van der Waals surface area contributed by atoms with Crippen molar-refractivity contribution in [2.75, 3.05) is 13.1 Å². The van der Waals surface area contributed by atoms with Crippen LogP contribution in [0, 0.1) is 0 Å². The lowest BCUT2D eigenvalue weighted by Crippen LogP contribution is -2.38. The van der Waals surface area contributed by atoms with Crippen molar-refractivity contribution in [3.8, 4) is 0 Å². The quantitative estimate of drug-likeness (QED) is 0.782. The Bertz CT molecular complexity index is 498. The van der Waals surface area contributed by atoms with Crippen molar-refractivity contribution >= 4 is 33.0 Å². The third kappa shape index (κ3) is 3.84. The van der Waals surface area contributed by atoms with Crippen molar-refractivity contribution in [2.24, 2.45) is 0 Å². The number of hydrogen-bond donors (Lipinski definition) is 0. The number of halogens is 4. The molecule has 0 amide bonds. The molecule has 0 aliphatic rings. The van der Waals surface area contributed by atoms with E-state index in [-0.39, 0.29) is 16.6 Å². The number of hydrogen-bond acceptors (Lipinski definition) is 3. The number of nitrogens with zero attached hydrogens (tertiary/aromatic N) is 1. The van der Waals surface area contributed by atoms with Gasteiger partial charge >= 0.3 is 6.18 Å². The third-order valence-electron chi connectivity index (χ3n) is 2.07. The first-order chi connectivity index (χ1) is 8.20. The van der Waals surface area contributed by atoms with Gasteiger partial charge in [0.2, 0.25) is 0 Å². The highest BCUT2D eigenvalue weighted by molar-refractivity contribution is 7.91. The molecular weight excluding hydrogens is 311 g/mol. The summed E-state index contributed by atoms with van der Waals surface area (Å²) in [5, 5.41) is 0. The summed E-state index contributed by atoms with van der Waals surface area (Å²) in [6.07, 6.45) is -4.56. The molecule has 0 fully saturated rings. The molecule has 0 aliphatic heterocycles. The van der Waals surface area contributed by atoms with Crippen LogP contribution in [0.3, 0.4) is 0 Å². The maximum Gasteiger partial charge on any atom is 0.402 e. The first-order valence-corrected chi connectivity index (χ1v) is 7.71. The second kappa shape index (κ2) is 5.77. The topological polar surface area (TPSA) is 37.4 Å². The fourth-order valence-electron chi connectivity index (χ4n) is 1.26. The monoisotopic (exact) mass is 321 g/mol. The number of alkyl halides is 4. The summed E-state index contributed by atoms with van der Waals surface area (Å²) >= 11 is 6.41. The van der Waals surface area contributed by atoms with E-state index < -0.39 is 22.7 Å². The highest BCUT2D eigenvalue weighted by Gasteiger charge is 2.36. The highest BCUT2D eigenvalue weighted by atomic mass is 35.5. The van der Waals surface area contributed by atoms with Gasteiger partial charge < -0.3 is 0 Å². The Morgan fingerprint density at radius 1 is 1.39 bits per heavy atom. The van der Waals surface area contributed by atoms with Crippen LogP contribution in [0.4, 0.5) is 13.2 Å². The van der Waals surface area contributed by atoms with Crippen molar-refractivity contribution < 1.29 is 21.6 Å². The summed E-state index contributed by atoms with van der Waals surface area (Å²) in [6, 6.07) is 2.77. The zero-order valence-corrected chi connectivity index (χ0v) is 11.8. The van der Waals surface area contributed by atoms with Gasteiger partial charge in [0.1, 0.15) is 10.8 Å². The van der Waals surface area contributed by atoms with Crippen LogP contribution in [-0.2, 0) is 15.9 Å². The van der Waals surface area contributed by atoms with Gasteiger partial charge in [-0.1, -0.05) is 6.92 Å². The predicted octanol–water partition coefficient (Wildman–Crippen LogP) is 3.06. The maximum absolute atomic E-state index is 12.3. The van der Waals surface area contributed by atoms with Gasteiger partial charge in [-0.15, -0.1) is 22.9 Å². The van der Waals surface area contributed by atoms with Gasteiger partial charge in [-0.3, -0.25) is 0 Å². The minimum Gasteiger partial charge on any atom is -0.206 e. The van der Waals surface area contributed by atoms with Crippen molar-refractivity contribution in [1.82, 2.24) is 4.31 Å². The molecule has 1 heterocycles. The average molecular weight is 322 g/mol. The lowest BCUT2D eigenvalue weighted by atomic mass is 10.5. The maximum atomic E-state index is 12.3. The Balaban J connectivity index is 3.03. The molecule has 9 heteroatoms. The summed E-state index contributed by atoms with van der Waals surface area (Å²) in [5.74, 6) is 0.131. The summed E-state index contributed by atoms with van der Waals surface area (Å²) in [4.78, 5) is 0.596. The van der Waals surface area contributed by atoms with Gasteiger partial charge in [0.25, 0.3) is 10.0 Å². The minimum atomic E-state index is -4.56. The normalized spacial score (nSPS) is 13.2. The standard InChI is InChI=1S/C9H11ClF3NO2S2/c1-2-14(6-9(11,12)13)18(15,16)8-4-3-7(5-10)17-8/h3-4H,2,5-6H2,1H3. The lowest BCUT2D eigenvalue weighted by molar-refractivity contribution is -0.135. The van der Waals surface area contributed by atoms with E-state index in [0.29, 0.717) is 9.18 Å². The smallest absolute Gasteiger partial charge is 0.206 e. The van der Waals surface area contributed by atoms with Crippen LogP contribution < -0.4 is 0 Å². The van der Waals surface area contributed by atoms with Crippen molar-refractivity contribution in [2.45, 2.75) is 23.2 Å². The predicted molar refractivity (Wildman–Crippen MR) is 64.4 cm³/mol. The van der Waals surface area contributed by atoms with E-state index in [1.165, 1.54) is 19.1 Å². The van der Waals surface area contributed by atoms with Gasteiger partial charge in [-0.25, -0.2) is 8.42 Å². The van der Waals surface area contributed by atoms with Gasteiger partial charge in [-0.2, -0.15) is 17.5 Å². The number of rotatable bonds is 5. The molecule has 0 spiro atoms. The summed E-state index contributed by atoms with van der Waals surface area (Å²) in [5.41, 5.74) is 0. The van der Waals surface area contributed by atoms with Crippen LogP contribution in [0.1, 0.15) is 11.8 Å². The van der Waals surface area contributed by atoms with E-state index in [4.69, 9.17) is 11.6 Å². The van der Waals surface area contributed by atoms with Crippen molar-refractivity contribution in [3.63, 3.8) is 0 Å². The largest absolute Gasteiger partial charge is 0.402 e. The second-order valence-corrected chi connectivity index (χ2v) is 7.00. The fourth-order valence-corrected chi connectivity index (χ4v) is 4.31. The Kier molecular flexibility index (Phi) is 5.05. The minimum absolute atomic E-state index is 0.121. The van der Waals surface area contributed by atoms with Gasteiger partial charge in [0, 0.05) is 11.4 Å². The molecule has 18 heavy (non-hydrogen) atoms. The molecule has 0 radical (unpaired) electrons. The number of thiophene rings is 1. The first-order valence-electron chi connectivity index (χ1n) is 4.92. The molecule has 1 aromatic heterocycles. The summed E-state index contributed by atoms with van der Waals surface area (Å²) in [6.45, 7) is -0.366. The van der Waals surface area contributed by atoms with Crippen LogP contribution in [0.5, 0.6) is 0 Å². The van der Waals surface area contributed by atoms with E-state index in [0.717, 1.165) is 11.3 Å². The highest BCUT2D eigenvalue weighted by Crippen LogP contribution is 2.28. The van der Waals surface area contributed by atoms with Crippen LogP contribution in [0.25, 0.3) is 0 Å². The van der Waals surface area contributed by atoms with Gasteiger partial charge in [0.05, 0.1) is 5.88 Å². The molecule has 0 saturated carbocycles. The molecule has 104 valence electrons. The van der Waals surface area contributed by atoms with E-state index in [1.807, 2.05) is 0 Å². The Hall–Kier alpha value is -0.310. The summed E-state index contributed by atoms with van der Waals surface area (Å²) < 4.78 is 61.1. The van der Waals surface area contributed by atoms with Crippen molar-refractivity contribution in [3.05, 3.63) is 17.0 Å². The SMILES string of the molecule is CCN(CC(F)(F)F)S(=O)(=O)c1ccc(CCl)s1. The zero-order valence-electron chi connectivity index (χ0n) is 9.37. The molecule has 0 bridgehead atoms.